The number of nitrogens with one attached hydrogen (secondary N) is 2. The molecule has 0 aromatic carbocycles. The third-order valence-electron chi connectivity index (χ3n) is 2.60. The van der Waals surface area contributed by atoms with E-state index in [9.17, 15) is 9.59 Å². The summed E-state index contributed by atoms with van der Waals surface area (Å²) in [4.78, 5) is 25.9. The molecule has 2 N–H and O–H groups in total. The van der Waals surface area contributed by atoms with E-state index >= 15 is 0 Å². The number of thiophene rings is 1. The molecule has 1 unspecified atom stereocenters. The first kappa shape index (κ1) is 14.7. The fourth-order valence-corrected chi connectivity index (χ4v) is 2.33. The highest BCUT2D eigenvalue weighted by molar-refractivity contribution is 7.10. The van der Waals surface area contributed by atoms with Crippen LogP contribution < -0.4 is 10.6 Å². The molecule has 0 bridgehead atoms. The Labute approximate surface area is 111 Å². The molecule has 0 saturated carbocycles. The van der Waals surface area contributed by atoms with E-state index in [0.717, 1.165) is 0 Å². The Morgan fingerprint density at radius 3 is 2.78 bits per heavy atom. The Hall–Kier alpha value is -1.40. The highest BCUT2D eigenvalue weighted by Crippen LogP contribution is 2.22. The van der Waals surface area contributed by atoms with Crippen LogP contribution in [-0.2, 0) is 4.79 Å². The van der Waals surface area contributed by atoms with Gasteiger partial charge in [0, 0.05) is 17.5 Å². The maximum Gasteiger partial charge on any atom is 0.321 e. The van der Waals surface area contributed by atoms with E-state index in [1.54, 1.807) is 18.3 Å². The van der Waals surface area contributed by atoms with Crippen LogP contribution in [0, 0.1) is 0 Å². The number of likely N-dealkylation sites (N-methyl/N-ethyl adjacent to an activating group) is 1. The maximum absolute atomic E-state index is 11.6. The van der Waals surface area contributed by atoms with Crippen LogP contribution >= 0.6 is 11.3 Å². The van der Waals surface area contributed by atoms with Gasteiger partial charge in [-0.3, -0.25) is 15.0 Å². The molecule has 18 heavy (non-hydrogen) atoms. The fourth-order valence-electron chi connectivity index (χ4n) is 1.48. The number of nitrogens with zero attached hydrogens (tertiary/aromatic N) is 1. The molecule has 1 atom stereocenters. The number of imide groups is 1. The zero-order valence-electron chi connectivity index (χ0n) is 10.9. The first-order valence-electron chi connectivity index (χ1n) is 5.86. The summed E-state index contributed by atoms with van der Waals surface area (Å²) in [7, 11) is 1.86. The lowest BCUT2D eigenvalue weighted by molar-refractivity contribution is -0.121. The number of carbonyl (C=O) groups is 2. The molecule has 1 rings (SSSR count). The van der Waals surface area contributed by atoms with Gasteiger partial charge in [0.2, 0.25) is 5.91 Å². The summed E-state index contributed by atoms with van der Waals surface area (Å²) in [6, 6.07) is 3.73. The molecule has 0 spiro atoms. The van der Waals surface area contributed by atoms with Gasteiger partial charge in [-0.15, -0.1) is 11.3 Å². The maximum atomic E-state index is 11.6. The summed E-state index contributed by atoms with van der Waals surface area (Å²) in [5.41, 5.74) is 0. The van der Waals surface area contributed by atoms with Crippen LogP contribution in [0.15, 0.2) is 17.5 Å². The predicted molar refractivity (Wildman–Crippen MR) is 72.6 cm³/mol. The molecule has 0 aliphatic heterocycles. The summed E-state index contributed by atoms with van der Waals surface area (Å²) < 4.78 is 0. The van der Waals surface area contributed by atoms with Crippen LogP contribution in [0.4, 0.5) is 4.79 Å². The van der Waals surface area contributed by atoms with Crippen molar-refractivity contribution in [3.8, 4) is 0 Å². The van der Waals surface area contributed by atoms with E-state index < -0.39 is 6.03 Å². The second-order valence-corrected chi connectivity index (χ2v) is 4.99. The highest BCUT2D eigenvalue weighted by Gasteiger charge is 2.16. The lowest BCUT2D eigenvalue weighted by Crippen LogP contribution is -2.44. The van der Waals surface area contributed by atoms with Crippen LogP contribution in [-0.4, -0.2) is 37.0 Å². The van der Waals surface area contributed by atoms with Crippen molar-refractivity contribution in [2.24, 2.45) is 0 Å². The molecule has 0 radical (unpaired) electrons. The molecule has 0 aliphatic rings. The van der Waals surface area contributed by atoms with Crippen LogP contribution in [0.3, 0.4) is 0 Å². The lowest BCUT2D eigenvalue weighted by atomic mass is 10.2. The number of hydrogen-bond donors (Lipinski definition) is 2. The van der Waals surface area contributed by atoms with Gasteiger partial charge in [-0.25, -0.2) is 4.79 Å². The van der Waals surface area contributed by atoms with Crippen molar-refractivity contribution in [3.63, 3.8) is 0 Å². The number of carbonyl (C=O) groups excluding carboxylic acids is 2. The molecular weight excluding hydrogens is 250 g/mol. The van der Waals surface area contributed by atoms with Crippen molar-refractivity contribution in [1.82, 2.24) is 15.5 Å². The van der Waals surface area contributed by atoms with Gasteiger partial charge in [-0.1, -0.05) is 6.07 Å². The van der Waals surface area contributed by atoms with Crippen LogP contribution in [0.25, 0.3) is 0 Å². The second kappa shape index (κ2) is 7.13. The Bertz CT molecular complexity index is 392. The van der Waals surface area contributed by atoms with Gasteiger partial charge in [0.25, 0.3) is 0 Å². The molecule has 5 nitrogen and oxygen atoms in total. The van der Waals surface area contributed by atoms with Gasteiger partial charge in [-0.05, 0) is 32.3 Å². The van der Waals surface area contributed by atoms with Crippen molar-refractivity contribution >= 4 is 23.3 Å². The molecule has 0 aliphatic carbocycles. The Morgan fingerprint density at radius 2 is 2.22 bits per heavy atom. The van der Waals surface area contributed by atoms with E-state index in [1.807, 2.05) is 36.4 Å². The second-order valence-electron chi connectivity index (χ2n) is 4.01. The summed E-state index contributed by atoms with van der Waals surface area (Å²) in [6.45, 7) is 4.52. The molecule has 0 fully saturated rings. The average Bonchev–Trinajstić information content (AvgIpc) is 2.81. The third-order valence-corrected chi connectivity index (χ3v) is 3.64. The zero-order valence-corrected chi connectivity index (χ0v) is 11.7. The number of urea groups is 1. The van der Waals surface area contributed by atoms with Gasteiger partial charge < -0.3 is 5.32 Å². The van der Waals surface area contributed by atoms with Crippen molar-refractivity contribution in [3.05, 3.63) is 22.4 Å². The van der Waals surface area contributed by atoms with E-state index in [-0.39, 0.29) is 18.5 Å². The quantitative estimate of drug-likeness (QED) is 0.853. The zero-order chi connectivity index (χ0) is 13.5. The molecule has 1 heterocycles. The van der Waals surface area contributed by atoms with Crippen LogP contribution in [0.1, 0.15) is 24.8 Å². The summed E-state index contributed by atoms with van der Waals surface area (Å²) >= 11 is 1.66. The van der Waals surface area contributed by atoms with Crippen molar-refractivity contribution in [1.29, 1.82) is 0 Å². The number of hydrogen-bond acceptors (Lipinski definition) is 4. The van der Waals surface area contributed by atoms with Crippen molar-refractivity contribution in [2.75, 3.05) is 20.1 Å². The molecule has 100 valence electrons. The van der Waals surface area contributed by atoms with Crippen LogP contribution in [0.5, 0.6) is 0 Å². The monoisotopic (exact) mass is 269 g/mol. The van der Waals surface area contributed by atoms with Gasteiger partial charge in [0.05, 0.1) is 6.54 Å². The van der Waals surface area contributed by atoms with Crippen LogP contribution in [0.2, 0.25) is 0 Å². The largest absolute Gasteiger partial charge is 0.338 e. The van der Waals surface area contributed by atoms with E-state index in [1.165, 1.54) is 4.88 Å². The summed E-state index contributed by atoms with van der Waals surface area (Å²) in [5.74, 6) is -0.299. The Kier molecular flexibility index (Phi) is 5.80. The number of rotatable bonds is 5. The van der Waals surface area contributed by atoms with Crippen molar-refractivity contribution < 1.29 is 9.59 Å². The van der Waals surface area contributed by atoms with Gasteiger partial charge >= 0.3 is 6.03 Å². The summed E-state index contributed by atoms with van der Waals surface area (Å²) in [6.07, 6.45) is 0. The minimum Gasteiger partial charge on any atom is -0.338 e. The molecule has 3 amide bonds. The molecule has 0 saturated heterocycles. The normalized spacial score (nSPS) is 12.2. The topological polar surface area (TPSA) is 61.4 Å². The first-order valence-corrected chi connectivity index (χ1v) is 6.73. The Balaban J connectivity index is 2.42. The highest BCUT2D eigenvalue weighted by atomic mass is 32.1. The first-order chi connectivity index (χ1) is 8.54. The standard InChI is InChI=1S/C12H19N3O2S/c1-4-13-12(17)14-11(16)8-15(3)9(2)10-6-5-7-18-10/h5-7,9H,4,8H2,1-3H3,(H2,13,14,16,17). The average molecular weight is 269 g/mol. The van der Waals surface area contributed by atoms with Gasteiger partial charge in [0.15, 0.2) is 0 Å². The molecular formula is C12H19N3O2S. The SMILES string of the molecule is CCNC(=O)NC(=O)CN(C)C(C)c1cccs1. The van der Waals surface area contributed by atoms with E-state index in [0.29, 0.717) is 6.54 Å². The smallest absolute Gasteiger partial charge is 0.321 e. The number of amides is 3. The lowest BCUT2D eigenvalue weighted by Gasteiger charge is -2.22. The minimum atomic E-state index is -0.445. The van der Waals surface area contributed by atoms with Gasteiger partial charge in [-0.2, -0.15) is 0 Å². The van der Waals surface area contributed by atoms with Crippen molar-refractivity contribution in [2.45, 2.75) is 19.9 Å². The van der Waals surface area contributed by atoms with E-state index in [4.69, 9.17) is 0 Å². The van der Waals surface area contributed by atoms with E-state index in [2.05, 4.69) is 10.6 Å². The Morgan fingerprint density at radius 1 is 1.50 bits per heavy atom. The fraction of sp³-hybridized carbons (Fsp3) is 0.500. The predicted octanol–water partition coefficient (Wildman–Crippen LogP) is 1.59. The van der Waals surface area contributed by atoms with Gasteiger partial charge in [0.1, 0.15) is 0 Å². The molecule has 6 heteroatoms. The third kappa shape index (κ3) is 4.46. The minimum absolute atomic E-state index is 0.157. The molecule has 1 aromatic rings. The molecule has 1 aromatic heterocycles. The summed E-state index contributed by atoms with van der Waals surface area (Å²) in [5, 5.41) is 6.81.